The molecule has 0 aliphatic heterocycles. The molecule has 0 spiro atoms. The van der Waals surface area contributed by atoms with Gasteiger partial charge in [-0.3, -0.25) is 9.59 Å². The number of carbonyl (C=O) groups is 1. The third kappa shape index (κ3) is 4.85. The molecule has 0 atom stereocenters. The van der Waals surface area contributed by atoms with Crippen LogP contribution in [0.3, 0.4) is 0 Å². The molecule has 0 aliphatic rings. The van der Waals surface area contributed by atoms with E-state index in [1.165, 1.54) is 28.9 Å². The molecule has 0 fully saturated rings. The number of aryl methyl sites for hydroxylation is 1. The van der Waals surface area contributed by atoms with E-state index in [0.29, 0.717) is 17.3 Å². The van der Waals surface area contributed by atoms with Crippen LogP contribution in [0.2, 0.25) is 0 Å². The Morgan fingerprint density at radius 3 is 2.39 bits per heavy atom. The van der Waals surface area contributed by atoms with Gasteiger partial charge in [0.05, 0.1) is 11.4 Å². The number of hydrogen-bond donors (Lipinski definition) is 1. The lowest BCUT2D eigenvalue weighted by molar-refractivity contribution is -0.116. The number of nitrogens with one attached hydrogen (secondary N) is 1. The van der Waals surface area contributed by atoms with Gasteiger partial charge in [0.1, 0.15) is 17.5 Å². The summed E-state index contributed by atoms with van der Waals surface area (Å²) < 4.78 is 40.7. The third-order valence-corrected chi connectivity index (χ3v) is 3.99. The maximum atomic E-state index is 13.5. The molecule has 1 heterocycles. The van der Waals surface area contributed by atoms with Crippen molar-refractivity contribution < 1.29 is 18.0 Å². The number of carbonyl (C=O) groups excluding carboxylic acids is 1. The van der Waals surface area contributed by atoms with Crippen LogP contribution in [0.5, 0.6) is 0 Å². The maximum absolute atomic E-state index is 13.5. The molecule has 1 amide bonds. The highest BCUT2D eigenvalue weighted by atomic mass is 19.1. The molecule has 0 radical (unpaired) electrons. The van der Waals surface area contributed by atoms with Crippen LogP contribution in [-0.2, 0) is 11.3 Å². The van der Waals surface area contributed by atoms with Crippen LogP contribution in [0.15, 0.2) is 59.4 Å². The Morgan fingerprint density at radius 1 is 0.964 bits per heavy atom. The SMILES string of the molecule is O=C(CCCn1nc(-c2ccc(F)cc2)ccc1=O)Nc1ccc(F)cc1F. The minimum Gasteiger partial charge on any atom is -0.324 e. The largest absolute Gasteiger partial charge is 0.324 e. The van der Waals surface area contributed by atoms with Crippen molar-refractivity contribution in [3.8, 4) is 11.3 Å². The van der Waals surface area contributed by atoms with Crippen molar-refractivity contribution in [3.05, 3.63) is 82.4 Å². The quantitative estimate of drug-likeness (QED) is 0.701. The zero-order valence-electron chi connectivity index (χ0n) is 14.7. The zero-order valence-corrected chi connectivity index (χ0v) is 14.7. The average molecular weight is 387 g/mol. The Balaban J connectivity index is 1.61. The topological polar surface area (TPSA) is 64.0 Å². The first-order valence-corrected chi connectivity index (χ1v) is 8.51. The summed E-state index contributed by atoms with van der Waals surface area (Å²) in [6, 6.07) is 11.4. The number of amides is 1. The molecule has 0 unspecified atom stereocenters. The van der Waals surface area contributed by atoms with Crippen LogP contribution in [0, 0.1) is 17.5 Å². The third-order valence-electron chi connectivity index (χ3n) is 3.99. The lowest BCUT2D eigenvalue weighted by Crippen LogP contribution is -2.23. The number of halogens is 3. The highest BCUT2D eigenvalue weighted by Crippen LogP contribution is 2.16. The lowest BCUT2D eigenvalue weighted by atomic mass is 10.1. The summed E-state index contributed by atoms with van der Waals surface area (Å²) in [6.07, 6.45) is 0.306. The molecule has 8 heteroatoms. The van der Waals surface area contributed by atoms with Crippen molar-refractivity contribution in [1.29, 1.82) is 0 Å². The van der Waals surface area contributed by atoms with Gasteiger partial charge in [0, 0.05) is 30.7 Å². The molecule has 3 aromatic rings. The summed E-state index contributed by atoms with van der Waals surface area (Å²) in [5.41, 5.74) is 0.702. The molecule has 0 saturated carbocycles. The molecule has 5 nitrogen and oxygen atoms in total. The van der Waals surface area contributed by atoms with Gasteiger partial charge >= 0.3 is 0 Å². The molecular weight excluding hydrogens is 371 g/mol. The van der Waals surface area contributed by atoms with Gasteiger partial charge in [-0.25, -0.2) is 17.9 Å². The van der Waals surface area contributed by atoms with E-state index >= 15 is 0 Å². The van der Waals surface area contributed by atoms with Gasteiger partial charge in [-0.05, 0) is 48.9 Å². The van der Waals surface area contributed by atoms with Crippen molar-refractivity contribution in [2.24, 2.45) is 0 Å². The molecule has 0 saturated heterocycles. The first-order chi connectivity index (χ1) is 13.4. The van der Waals surface area contributed by atoms with Crippen molar-refractivity contribution in [2.45, 2.75) is 19.4 Å². The van der Waals surface area contributed by atoms with Gasteiger partial charge in [-0.1, -0.05) is 0 Å². The summed E-state index contributed by atoms with van der Waals surface area (Å²) in [5.74, 6) is -2.44. The van der Waals surface area contributed by atoms with Crippen molar-refractivity contribution >= 4 is 11.6 Å². The van der Waals surface area contributed by atoms with Crippen molar-refractivity contribution in [3.63, 3.8) is 0 Å². The zero-order chi connectivity index (χ0) is 20.1. The summed E-state index contributed by atoms with van der Waals surface area (Å²) in [5, 5.41) is 6.58. The van der Waals surface area contributed by atoms with E-state index in [0.717, 1.165) is 12.1 Å². The van der Waals surface area contributed by atoms with Gasteiger partial charge < -0.3 is 5.32 Å². The van der Waals surface area contributed by atoms with Crippen LogP contribution < -0.4 is 10.9 Å². The highest BCUT2D eigenvalue weighted by Gasteiger charge is 2.09. The van der Waals surface area contributed by atoms with Gasteiger partial charge in [0.25, 0.3) is 5.56 Å². The van der Waals surface area contributed by atoms with E-state index in [1.807, 2.05) is 0 Å². The predicted octanol–water partition coefficient (Wildman–Crippen LogP) is 3.75. The Kier molecular flexibility index (Phi) is 5.88. The minimum atomic E-state index is -0.863. The number of benzene rings is 2. The maximum Gasteiger partial charge on any atom is 0.266 e. The second-order valence-corrected chi connectivity index (χ2v) is 6.06. The fraction of sp³-hybridized carbons (Fsp3) is 0.150. The molecule has 0 aliphatic carbocycles. The second-order valence-electron chi connectivity index (χ2n) is 6.06. The molecule has 2 aromatic carbocycles. The fourth-order valence-corrected chi connectivity index (χ4v) is 2.58. The number of aromatic nitrogens is 2. The predicted molar refractivity (Wildman–Crippen MR) is 98.1 cm³/mol. The van der Waals surface area contributed by atoms with Crippen LogP contribution in [0.1, 0.15) is 12.8 Å². The first kappa shape index (κ1) is 19.3. The minimum absolute atomic E-state index is 0.0196. The summed E-state index contributed by atoms with van der Waals surface area (Å²) in [6.45, 7) is 0.174. The van der Waals surface area contributed by atoms with Crippen LogP contribution in [0.4, 0.5) is 18.9 Å². The molecule has 28 heavy (non-hydrogen) atoms. The van der Waals surface area contributed by atoms with E-state index < -0.39 is 17.5 Å². The van der Waals surface area contributed by atoms with E-state index in [4.69, 9.17) is 0 Å². The number of anilines is 1. The van der Waals surface area contributed by atoms with Crippen molar-refractivity contribution in [1.82, 2.24) is 9.78 Å². The molecule has 1 aromatic heterocycles. The Bertz CT molecular complexity index is 1050. The van der Waals surface area contributed by atoms with Crippen molar-refractivity contribution in [2.75, 3.05) is 5.32 Å². The molecular formula is C20H16F3N3O2. The number of nitrogens with zero attached hydrogens (tertiary/aromatic N) is 2. The normalized spacial score (nSPS) is 10.7. The van der Waals surface area contributed by atoms with Gasteiger partial charge in [-0.15, -0.1) is 0 Å². The van der Waals surface area contributed by atoms with Gasteiger partial charge in [0.2, 0.25) is 5.91 Å². The first-order valence-electron chi connectivity index (χ1n) is 8.51. The summed E-state index contributed by atoms with van der Waals surface area (Å²) in [4.78, 5) is 23.9. The van der Waals surface area contributed by atoms with E-state index in [-0.39, 0.29) is 36.5 Å². The Morgan fingerprint density at radius 2 is 1.68 bits per heavy atom. The molecule has 1 N–H and O–H groups in total. The Hall–Kier alpha value is -3.42. The summed E-state index contributed by atoms with van der Waals surface area (Å²) >= 11 is 0. The monoisotopic (exact) mass is 387 g/mol. The molecule has 0 bridgehead atoms. The number of rotatable bonds is 6. The standard InChI is InChI=1S/C20H16F3N3O2/c21-14-5-3-13(4-6-14)17-9-10-20(28)26(25-17)11-1-2-19(27)24-18-8-7-15(22)12-16(18)23/h3-10,12H,1-2,11H2,(H,24,27). The highest BCUT2D eigenvalue weighted by molar-refractivity contribution is 5.90. The van der Waals surface area contributed by atoms with E-state index in [1.54, 1.807) is 12.1 Å². The lowest BCUT2D eigenvalue weighted by Gasteiger charge is -2.08. The van der Waals surface area contributed by atoms with E-state index in [2.05, 4.69) is 10.4 Å². The van der Waals surface area contributed by atoms with E-state index in [9.17, 15) is 22.8 Å². The average Bonchev–Trinajstić information content (AvgIpc) is 2.66. The fourth-order valence-electron chi connectivity index (χ4n) is 2.58. The number of hydrogen-bond acceptors (Lipinski definition) is 3. The molecule has 144 valence electrons. The summed E-state index contributed by atoms with van der Waals surface area (Å²) in [7, 11) is 0. The van der Waals surface area contributed by atoms with Gasteiger partial charge in [0.15, 0.2) is 0 Å². The van der Waals surface area contributed by atoms with Crippen LogP contribution in [-0.4, -0.2) is 15.7 Å². The smallest absolute Gasteiger partial charge is 0.266 e. The van der Waals surface area contributed by atoms with Crippen LogP contribution in [0.25, 0.3) is 11.3 Å². The van der Waals surface area contributed by atoms with Crippen LogP contribution >= 0.6 is 0 Å². The second kappa shape index (κ2) is 8.51. The Labute approximate surface area is 158 Å². The van der Waals surface area contributed by atoms with Gasteiger partial charge in [-0.2, -0.15) is 5.10 Å². The molecule has 3 rings (SSSR count).